The van der Waals surface area contributed by atoms with Crippen LogP contribution in [-0.2, 0) is 13.2 Å². The molecule has 0 unspecified atom stereocenters. The van der Waals surface area contributed by atoms with Crippen molar-refractivity contribution >= 4 is 44.9 Å². The third kappa shape index (κ3) is 3.63. The maximum absolute atomic E-state index is 9.25. The molecule has 114 valence electrons. The van der Waals surface area contributed by atoms with Crippen LogP contribution < -0.4 is 12.1 Å². The molecular formula is C10H8N4O6Sb2. The van der Waals surface area contributed by atoms with Gasteiger partial charge in [0.15, 0.2) is 0 Å². The number of fused-ring (bicyclic) bond motifs is 4. The van der Waals surface area contributed by atoms with E-state index in [0.717, 1.165) is 0 Å². The van der Waals surface area contributed by atoms with Gasteiger partial charge in [0.1, 0.15) is 0 Å². The van der Waals surface area contributed by atoms with E-state index in [-0.39, 0.29) is 37.0 Å². The Morgan fingerprint density at radius 3 is 1.68 bits per heavy atom. The van der Waals surface area contributed by atoms with Crippen molar-refractivity contribution < 1.29 is 22.3 Å². The van der Waals surface area contributed by atoms with Crippen molar-refractivity contribution in [1.82, 2.24) is 19.9 Å². The fourth-order valence-electron chi connectivity index (χ4n) is 1.39. The second kappa shape index (κ2) is 7.46. The first-order chi connectivity index (χ1) is 10.8. The van der Waals surface area contributed by atoms with Gasteiger partial charge in [0.05, 0.1) is 0 Å². The van der Waals surface area contributed by atoms with Crippen molar-refractivity contribution in [3.63, 3.8) is 0 Å². The average molecular weight is 524 g/mol. The van der Waals surface area contributed by atoms with Crippen LogP contribution in [0.4, 0.5) is 0 Å². The number of hydrogen-bond acceptors (Lipinski definition) is 10. The van der Waals surface area contributed by atoms with Crippen LogP contribution in [0.15, 0.2) is 12.4 Å². The van der Waals surface area contributed by atoms with Crippen molar-refractivity contribution in [3.8, 4) is 23.8 Å². The molecule has 12 heteroatoms. The first-order valence-corrected chi connectivity index (χ1v) is 9.99. The molecule has 4 bridgehead atoms. The summed E-state index contributed by atoms with van der Waals surface area (Å²) >= 11 is -3.29. The third-order valence-corrected chi connectivity index (χ3v) is 5.20. The molecule has 2 aromatic rings. The topological polar surface area (TPSA) is 129 Å². The molecule has 0 saturated heterocycles. The van der Waals surface area contributed by atoms with Crippen LogP contribution in [0.3, 0.4) is 0 Å². The Labute approximate surface area is 147 Å². The number of rotatable bonds is 2. The molecule has 0 spiro atoms. The van der Waals surface area contributed by atoms with E-state index in [9.17, 15) is 10.2 Å². The van der Waals surface area contributed by atoms with Crippen LogP contribution >= 0.6 is 0 Å². The van der Waals surface area contributed by atoms with Crippen LogP contribution in [-0.4, -0.2) is 75.1 Å². The molecule has 0 atom stereocenters. The molecule has 2 aromatic heterocycles. The van der Waals surface area contributed by atoms with Gasteiger partial charge in [0.25, 0.3) is 0 Å². The summed E-state index contributed by atoms with van der Waals surface area (Å²) in [5.74, 6) is 0.418. The fourth-order valence-corrected chi connectivity index (χ4v) is 3.79. The number of aliphatic hydroxyl groups excluding tert-OH is 2. The SMILES string of the molecule is OCc1cnc2nc1[O][Sb][O]c1nc(ncc1CO)[O][Sb][O]2. The normalized spacial score (nSPS) is 13.5. The van der Waals surface area contributed by atoms with Gasteiger partial charge in [-0.1, -0.05) is 0 Å². The van der Waals surface area contributed by atoms with Gasteiger partial charge in [-0.05, 0) is 0 Å². The number of aromatic nitrogens is 4. The van der Waals surface area contributed by atoms with Crippen molar-refractivity contribution in [2.24, 2.45) is 0 Å². The molecule has 22 heavy (non-hydrogen) atoms. The van der Waals surface area contributed by atoms with E-state index in [2.05, 4.69) is 19.9 Å². The van der Waals surface area contributed by atoms with Gasteiger partial charge in [0, 0.05) is 0 Å². The molecule has 0 saturated carbocycles. The zero-order valence-electron chi connectivity index (χ0n) is 10.8. The van der Waals surface area contributed by atoms with Crippen molar-refractivity contribution in [2.75, 3.05) is 0 Å². The Kier molecular flexibility index (Phi) is 5.35. The number of aliphatic hydroxyl groups is 2. The summed E-state index contributed by atoms with van der Waals surface area (Å²) in [4.78, 5) is 16.0. The van der Waals surface area contributed by atoms with E-state index >= 15 is 0 Å². The first-order valence-electron chi connectivity index (χ1n) is 5.82. The second-order valence-electron chi connectivity index (χ2n) is 3.80. The fraction of sp³-hybridized carbons (Fsp3) is 0.200. The van der Waals surface area contributed by atoms with E-state index < -0.39 is 44.9 Å². The monoisotopic (exact) mass is 522 g/mol. The van der Waals surface area contributed by atoms with E-state index in [1.54, 1.807) is 0 Å². The number of hydrogen-bond donors (Lipinski definition) is 2. The molecule has 2 radical (unpaired) electrons. The van der Waals surface area contributed by atoms with Crippen LogP contribution in [0.1, 0.15) is 11.1 Å². The summed E-state index contributed by atoms with van der Waals surface area (Å²) in [5.41, 5.74) is 0.858. The van der Waals surface area contributed by atoms with Crippen molar-refractivity contribution in [3.05, 3.63) is 23.5 Å². The molecule has 2 N–H and O–H groups in total. The Morgan fingerprint density at radius 1 is 0.773 bits per heavy atom. The molecule has 3 rings (SSSR count). The van der Waals surface area contributed by atoms with Crippen LogP contribution in [0.2, 0.25) is 0 Å². The third-order valence-electron chi connectivity index (χ3n) is 2.43. The summed E-state index contributed by atoms with van der Waals surface area (Å²) in [7, 11) is 0. The predicted octanol–water partition coefficient (Wildman–Crippen LogP) is -1.45. The molecule has 0 fully saturated rings. The van der Waals surface area contributed by atoms with Crippen LogP contribution in [0.25, 0.3) is 0 Å². The summed E-state index contributed by atoms with van der Waals surface area (Å²) < 4.78 is 21.7. The van der Waals surface area contributed by atoms with Gasteiger partial charge in [-0.2, -0.15) is 0 Å². The molecular weight excluding hydrogens is 516 g/mol. The van der Waals surface area contributed by atoms with E-state index in [1.807, 2.05) is 0 Å². The Hall–Kier alpha value is -1.08. The van der Waals surface area contributed by atoms with Gasteiger partial charge >= 0.3 is 148 Å². The minimum absolute atomic E-state index is 0.105. The molecule has 0 amide bonds. The molecule has 1 aliphatic heterocycles. The summed E-state index contributed by atoms with van der Waals surface area (Å²) in [6, 6.07) is 0.209. The van der Waals surface area contributed by atoms with Gasteiger partial charge in [0.2, 0.25) is 0 Å². The standard InChI is InChI=1S/2C5H6N2O3.2Sb/c2*8-2-3-1-6-5(10)7-4(3)9;;/h2*1,8H,2H2,(H2,6,7,9,10);;/q;;2*+2/p-4. The molecule has 0 aromatic carbocycles. The Bertz CT molecular complexity index is 620. The molecule has 1 aliphatic rings. The van der Waals surface area contributed by atoms with Gasteiger partial charge in [-0.25, -0.2) is 0 Å². The van der Waals surface area contributed by atoms with E-state index in [4.69, 9.17) is 12.1 Å². The predicted molar refractivity (Wildman–Crippen MR) is 69.9 cm³/mol. The zero-order valence-corrected chi connectivity index (χ0v) is 15.9. The Balaban J connectivity index is 1.88. The quantitative estimate of drug-likeness (QED) is 0.451. The summed E-state index contributed by atoms with van der Waals surface area (Å²) in [5, 5.41) is 18.5. The van der Waals surface area contributed by atoms with Gasteiger partial charge in [-0.15, -0.1) is 0 Å². The van der Waals surface area contributed by atoms with Crippen LogP contribution in [0, 0.1) is 0 Å². The average Bonchev–Trinajstić information content (AvgIpc) is 2.54. The van der Waals surface area contributed by atoms with E-state index in [1.165, 1.54) is 12.4 Å². The summed E-state index contributed by atoms with van der Waals surface area (Å²) in [6.45, 7) is -0.527. The van der Waals surface area contributed by atoms with Gasteiger partial charge in [-0.3, -0.25) is 0 Å². The minimum atomic E-state index is -1.67. The Morgan fingerprint density at radius 2 is 1.23 bits per heavy atom. The van der Waals surface area contributed by atoms with Gasteiger partial charge < -0.3 is 0 Å². The van der Waals surface area contributed by atoms with Crippen molar-refractivity contribution in [1.29, 1.82) is 0 Å². The van der Waals surface area contributed by atoms with Crippen molar-refractivity contribution in [2.45, 2.75) is 13.2 Å². The number of nitrogens with zero attached hydrogens (tertiary/aromatic N) is 4. The van der Waals surface area contributed by atoms with E-state index in [0.29, 0.717) is 11.1 Å². The molecule has 10 nitrogen and oxygen atoms in total. The molecule has 0 aliphatic carbocycles. The maximum atomic E-state index is 9.25. The first kappa shape index (κ1) is 15.8. The zero-order chi connectivity index (χ0) is 15.4. The van der Waals surface area contributed by atoms with Crippen LogP contribution in [0.5, 0.6) is 23.8 Å². The summed E-state index contributed by atoms with van der Waals surface area (Å²) in [6.07, 6.45) is 2.84. The molecule has 3 heterocycles. The second-order valence-corrected chi connectivity index (χ2v) is 6.73.